The number of aryl methyl sites for hydroxylation is 1. The van der Waals surface area contributed by atoms with Gasteiger partial charge in [0.25, 0.3) is 0 Å². The van der Waals surface area contributed by atoms with Crippen LogP contribution in [-0.4, -0.2) is 18.1 Å². The average molecular weight is 246 g/mol. The molecule has 1 atom stereocenters. The number of hydrogen-bond acceptors (Lipinski definition) is 1. The minimum Gasteiger partial charge on any atom is -0.356 e. The molecule has 1 saturated heterocycles. The molecular formula is C15H19FN2. The molecule has 1 aliphatic heterocycles. The Morgan fingerprint density at radius 2 is 2.28 bits per heavy atom. The van der Waals surface area contributed by atoms with Crippen LogP contribution in [0.3, 0.4) is 0 Å². The number of piperidine rings is 1. The summed E-state index contributed by atoms with van der Waals surface area (Å²) in [5.41, 5.74) is 3.06. The number of aromatic nitrogens is 1. The number of para-hydroxylation sites is 1. The highest BCUT2D eigenvalue weighted by Crippen LogP contribution is 2.28. The molecule has 1 aromatic carbocycles. The second-order valence-corrected chi connectivity index (χ2v) is 5.31. The second-order valence-electron chi connectivity index (χ2n) is 5.31. The molecule has 3 rings (SSSR count). The third-order valence-corrected chi connectivity index (χ3v) is 4.00. The minimum absolute atomic E-state index is 0.149. The fourth-order valence-corrected chi connectivity index (χ4v) is 3.02. The zero-order valence-electron chi connectivity index (χ0n) is 10.7. The lowest BCUT2D eigenvalue weighted by atomic mass is 9.91. The Labute approximate surface area is 107 Å². The first-order chi connectivity index (χ1) is 8.75. The highest BCUT2D eigenvalue weighted by Gasteiger charge is 2.18. The van der Waals surface area contributed by atoms with Crippen molar-refractivity contribution < 1.29 is 4.39 Å². The quantitative estimate of drug-likeness (QED) is 0.837. The van der Waals surface area contributed by atoms with Crippen molar-refractivity contribution in [2.24, 2.45) is 5.92 Å². The van der Waals surface area contributed by atoms with Gasteiger partial charge in [-0.2, -0.15) is 0 Å². The fourth-order valence-electron chi connectivity index (χ4n) is 3.02. The van der Waals surface area contributed by atoms with Crippen molar-refractivity contribution in [3.63, 3.8) is 0 Å². The van der Waals surface area contributed by atoms with Gasteiger partial charge in [0.2, 0.25) is 0 Å². The van der Waals surface area contributed by atoms with E-state index in [1.54, 1.807) is 6.07 Å². The van der Waals surface area contributed by atoms with E-state index in [0.717, 1.165) is 30.6 Å². The van der Waals surface area contributed by atoms with Crippen LogP contribution in [0.25, 0.3) is 10.9 Å². The standard InChI is InChI=1S/C15H19FN2/c1-10-13(8-11-4-3-7-17-9-11)12-5-2-6-14(16)15(12)18-10/h2,5-6,11,17-18H,3-4,7-9H2,1H3. The molecule has 0 bridgehead atoms. The molecule has 18 heavy (non-hydrogen) atoms. The van der Waals surface area contributed by atoms with Gasteiger partial charge in [-0.15, -0.1) is 0 Å². The van der Waals surface area contributed by atoms with Crippen molar-refractivity contribution in [1.82, 2.24) is 10.3 Å². The van der Waals surface area contributed by atoms with Gasteiger partial charge < -0.3 is 10.3 Å². The van der Waals surface area contributed by atoms with Crippen molar-refractivity contribution >= 4 is 10.9 Å². The van der Waals surface area contributed by atoms with Gasteiger partial charge in [0, 0.05) is 11.1 Å². The van der Waals surface area contributed by atoms with E-state index in [1.807, 2.05) is 13.0 Å². The Morgan fingerprint density at radius 1 is 1.39 bits per heavy atom. The van der Waals surface area contributed by atoms with Gasteiger partial charge in [-0.1, -0.05) is 12.1 Å². The molecule has 0 saturated carbocycles. The monoisotopic (exact) mass is 246 g/mol. The molecule has 0 spiro atoms. The van der Waals surface area contributed by atoms with Crippen LogP contribution in [0.1, 0.15) is 24.1 Å². The molecule has 2 nitrogen and oxygen atoms in total. The fraction of sp³-hybridized carbons (Fsp3) is 0.467. The van der Waals surface area contributed by atoms with E-state index in [-0.39, 0.29) is 5.82 Å². The molecular weight excluding hydrogens is 227 g/mol. The van der Waals surface area contributed by atoms with E-state index < -0.39 is 0 Å². The van der Waals surface area contributed by atoms with Crippen LogP contribution in [0.4, 0.5) is 4.39 Å². The summed E-state index contributed by atoms with van der Waals surface area (Å²) >= 11 is 0. The van der Waals surface area contributed by atoms with Crippen LogP contribution in [0.5, 0.6) is 0 Å². The van der Waals surface area contributed by atoms with Crippen LogP contribution in [0, 0.1) is 18.7 Å². The first-order valence-corrected chi connectivity index (χ1v) is 6.72. The van der Waals surface area contributed by atoms with Gasteiger partial charge in [-0.25, -0.2) is 4.39 Å². The van der Waals surface area contributed by atoms with Gasteiger partial charge >= 0.3 is 0 Å². The highest BCUT2D eigenvalue weighted by molar-refractivity contribution is 5.85. The van der Waals surface area contributed by atoms with E-state index in [4.69, 9.17) is 0 Å². The molecule has 2 heterocycles. The Balaban J connectivity index is 1.95. The van der Waals surface area contributed by atoms with Gasteiger partial charge in [0.05, 0.1) is 5.52 Å². The summed E-state index contributed by atoms with van der Waals surface area (Å²) in [5.74, 6) is 0.531. The van der Waals surface area contributed by atoms with Crippen LogP contribution >= 0.6 is 0 Å². The largest absolute Gasteiger partial charge is 0.356 e. The normalized spacial score (nSPS) is 20.4. The zero-order valence-corrected chi connectivity index (χ0v) is 10.7. The number of rotatable bonds is 2. The number of benzene rings is 1. The molecule has 2 N–H and O–H groups in total. The van der Waals surface area contributed by atoms with Crippen LogP contribution < -0.4 is 5.32 Å². The van der Waals surface area contributed by atoms with Gasteiger partial charge in [0.15, 0.2) is 0 Å². The first kappa shape index (κ1) is 11.7. The minimum atomic E-state index is -0.149. The molecule has 1 aromatic heterocycles. The van der Waals surface area contributed by atoms with Crippen LogP contribution in [0.2, 0.25) is 0 Å². The summed E-state index contributed by atoms with van der Waals surface area (Å²) in [6, 6.07) is 5.34. The Kier molecular flexibility index (Phi) is 3.08. The van der Waals surface area contributed by atoms with E-state index in [2.05, 4.69) is 10.3 Å². The van der Waals surface area contributed by atoms with Crippen LogP contribution in [0.15, 0.2) is 18.2 Å². The molecule has 3 heteroatoms. The number of halogens is 1. The predicted molar refractivity (Wildman–Crippen MR) is 72.3 cm³/mol. The summed E-state index contributed by atoms with van der Waals surface area (Å²) in [5, 5.41) is 4.50. The van der Waals surface area contributed by atoms with E-state index in [0.29, 0.717) is 11.4 Å². The molecule has 1 aliphatic rings. The zero-order chi connectivity index (χ0) is 12.5. The third-order valence-electron chi connectivity index (χ3n) is 4.00. The molecule has 1 unspecified atom stereocenters. The summed E-state index contributed by atoms with van der Waals surface area (Å²) < 4.78 is 13.7. The summed E-state index contributed by atoms with van der Waals surface area (Å²) in [7, 11) is 0. The van der Waals surface area contributed by atoms with E-state index in [1.165, 1.54) is 24.5 Å². The van der Waals surface area contributed by atoms with Gasteiger partial charge in [-0.05, 0) is 56.8 Å². The maximum Gasteiger partial charge on any atom is 0.147 e. The van der Waals surface area contributed by atoms with Crippen LogP contribution in [-0.2, 0) is 6.42 Å². The van der Waals surface area contributed by atoms with Crippen molar-refractivity contribution in [2.45, 2.75) is 26.2 Å². The summed E-state index contributed by atoms with van der Waals surface area (Å²) in [6.07, 6.45) is 3.57. The van der Waals surface area contributed by atoms with Gasteiger partial charge in [-0.3, -0.25) is 0 Å². The molecule has 96 valence electrons. The SMILES string of the molecule is Cc1[nH]c2c(F)cccc2c1CC1CCCNC1. The molecule has 1 fully saturated rings. The number of nitrogens with one attached hydrogen (secondary N) is 2. The third kappa shape index (κ3) is 2.03. The Morgan fingerprint density at radius 3 is 3.06 bits per heavy atom. The first-order valence-electron chi connectivity index (χ1n) is 6.72. The van der Waals surface area contributed by atoms with Crippen molar-refractivity contribution in [1.29, 1.82) is 0 Å². The summed E-state index contributed by atoms with van der Waals surface area (Å²) in [6.45, 7) is 4.27. The van der Waals surface area contributed by atoms with Crippen molar-refractivity contribution in [2.75, 3.05) is 13.1 Å². The van der Waals surface area contributed by atoms with Crippen molar-refractivity contribution in [3.05, 3.63) is 35.3 Å². The smallest absolute Gasteiger partial charge is 0.147 e. The maximum absolute atomic E-state index is 13.7. The number of fused-ring (bicyclic) bond motifs is 1. The average Bonchev–Trinajstić information content (AvgIpc) is 2.70. The number of H-pyrrole nitrogens is 1. The van der Waals surface area contributed by atoms with E-state index >= 15 is 0 Å². The number of aromatic amines is 1. The lowest BCUT2D eigenvalue weighted by Gasteiger charge is -2.22. The topological polar surface area (TPSA) is 27.8 Å². The second kappa shape index (κ2) is 4.73. The van der Waals surface area contributed by atoms with Crippen molar-refractivity contribution in [3.8, 4) is 0 Å². The van der Waals surface area contributed by atoms with Gasteiger partial charge in [0.1, 0.15) is 5.82 Å². The highest BCUT2D eigenvalue weighted by atomic mass is 19.1. The molecule has 2 aromatic rings. The molecule has 0 amide bonds. The lowest BCUT2D eigenvalue weighted by molar-refractivity contribution is 0.376. The molecule has 0 aliphatic carbocycles. The Hall–Kier alpha value is -1.35. The Bertz CT molecular complexity index is 553. The lowest BCUT2D eigenvalue weighted by Crippen LogP contribution is -2.30. The van der Waals surface area contributed by atoms with E-state index in [9.17, 15) is 4.39 Å². The number of hydrogen-bond donors (Lipinski definition) is 2. The molecule has 0 radical (unpaired) electrons. The predicted octanol–water partition coefficient (Wildman–Crippen LogP) is 3.16. The summed E-state index contributed by atoms with van der Waals surface area (Å²) in [4.78, 5) is 3.19. The maximum atomic E-state index is 13.7.